The Morgan fingerprint density at radius 1 is 0.886 bits per heavy atom. The summed E-state index contributed by atoms with van der Waals surface area (Å²) in [5, 5.41) is 3.15. The van der Waals surface area contributed by atoms with E-state index in [-0.39, 0.29) is 53.6 Å². The standard InChI is InChI=1S/C33H28F3N3O5/c1-37-24-8-7-23(28(35)18-24)19-44-31-11-10-27(34)32(39-31)26-9-4-20(15-29(26)36)14-25(40)16-21-5-6-22(33(41)43-3)17-30(21)38-12-13-42-2/h4-11,15,17-18,38H,12-14,16,19H2,2-3H3. The lowest BCUT2D eigenvalue weighted by molar-refractivity contribution is -0.117. The lowest BCUT2D eigenvalue weighted by atomic mass is 9.98. The monoisotopic (exact) mass is 603 g/mol. The molecule has 0 amide bonds. The molecule has 3 aromatic carbocycles. The fraction of sp³-hybridized carbons (Fsp3) is 0.212. The van der Waals surface area contributed by atoms with Gasteiger partial charge in [0.05, 0.1) is 25.9 Å². The number of hydrogen-bond acceptors (Lipinski definition) is 7. The predicted molar refractivity (Wildman–Crippen MR) is 157 cm³/mol. The van der Waals surface area contributed by atoms with E-state index in [9.17, 15) is 18.4 Å². The molecule has 44 heavy (non-hydrogen) atoms. The molecule has 0 unspecified atom stereocenters. The van der Waals surface area contributed by atoms with Crippen LogP contribution in [0.1, 0.15) is 27.0 Å². The van der Waals surface area contributed by atoms with Gasteiger partial charge in [0.1, 0.15) is 35.5 Å². The third-order valence-corrected chi connectivity index (χ3v) is 6.59. The van der Waals surface area contributed by atoms with Crippen LogP contribution in [0.4, 0.5) is 24.5 Å². The van der Waals surface area contributed by atoms with Crippen molar-refractivity contribution >= 4 is 23.1 Å². The summed E-state index contributed by atoms with van der Waals surface area (Å²) in [5.74, 6) is -3.00. The van der Waals surface area contributed by atoms with Gasteiger partial charge in [0.15, 0.2) is 5.69 Å². The Kier molecular flexibility index (Phi) is 10.7. The van der Waals surface area contributed by atoms with Crippen molar-refractivity contribution in [1.29, 1.82) is 0 Å². The molecule has 0 saturated heterocycles. The highest BCUT2D eigenvalue weighted by Gasteiger charge is 2.17. The number of halogens is 3. The molecular formula is C33H28F3N3O5. The van der Waals surface area contributed by atoms with E-state index in [0.29, 0.717) is 35.5 Å². The molecule has 0 saturated carbocycles. The van der Waals surface area contributed by atoms with Crippen LogP contribution in [0.3, 0.4) is 0 Å². The summed E-state index contributed by atoms with van der Waals surface area (Å²) in [6.07, 6.45) is -0.0821. The number of aromatic nitrogens is 1. The molecule has 0 aliphatic carbocycles. The summed E-state index contributed by atoms with van der Waals surface area (Å²) in [6, 6.07) is 15.0. The highest BCUT2D eigenvalue weighted by molar-refractivity contribution is 5.91. The van der Waals surface area contributed by atoms with Gasteiger partial charge in [0, 0.05) is 49.4 Å². The quantitative estimate of drug-likeness (QED) is 0.106. The summed E-state index contributed by atoms with van der Waals surface area (Å²) >= 11 is 0. The van der Waals surface area contributed by atoms with Crippen LogP contribution in [0.5, 0.6) is 5.88 Å². The van der Waals surface area contributed by atoms with Crippen LogP contribution in [0.15, 0.2) is 66.7 Å². The minimum Gasteiger partial charge on any atom is -0.473 e. The van der Waals surface area contributed by atoms with Crippen LogP contribution in [0.2, 0.25) is 0 Å². The first kappa shape index (κ1) is 31.7. The van der Waals surface area contributed by atoms with Gasteiger partial charge in [-0.3, -0.25) is 4.79 Å². The zero-order valence-corrected chi connectivity index (χ0v) is 24.0. The largest absolute Gasteiger partial charge is 0.473 e. The Bertz CT molecular complexity index is 1720. The molecule has 0 aliphatic rings. The number of carbonyl (C=O) groups is 2. The second-order valence-corrected chi connectivity index (χ2v) is 9.65. The van der Waals surface area contributed by atoms with Gasteiger partial charge < -0.3 is 19.5 Å². The number of hydrogen-bond donors (Lipinski definition) is 1. The SMILES string of the molecule is [C-]#[N+]c1ccc(COc2ccc(F)c(-c3ccc(CC(=O)Cc4ccc(C(=O)OC)cc4NCCOC)cc3F)n2)c(F)c1. The predicted octanol–water partition coefficient (Wildman–Crippen LogP) is 6.49. The molecule has 4 rings (SSSR count). The molecule has 1 N–H and O–H groups in total. The van der Waals surface area contributed by atoms with Gasteiger partial charge in [-0.25, -0.2) is 27.8 Å². The van der Waals surface area contributed by atoms with E-state index >= 15 is 4.39 Å². The van der Waals surface area contributed by atoms with Crippen LogP contribution in [0.25, 0.3) is 16.1 Å². The number of rotatable bonds is 13. The molecule has 0 atom stereocenters. The van der Waals surface area contributed by atoms with E-state index in [1.54, 1.807) is 25.3 Å². The minimum atomic E-state index is -0.795. The van der Waals surface area contributed by atoms with Gasteiger partial charge >= 0.3 is 5.97 Å². The maximum Gasteiger partial charge on any atom is 0.337 e. The third-order valence-electron chi connectivity index (χ3n) is 6.59. The summed E-state index contributed by atoms with van der Waals surface area (Å²) in [6.45, 7) is 7.57. The summed E-state index contributed by atoms with van der Waals surface area (Å²) < 4.78 is 59.4. The highest BCUT2D eigenvalue weighted by Crippen LogP contribution is 2.28. The topological polar surface area (TPSA) is 91.1 Å². The number of carbonyl (C=O) groups excluding carboxylic acids is 2. The molecule has 0 fully saturated rings. The lowest BCUT2D eigenvalue weighted by Gasteiger charge is -2.13. The second-order valence-electron chi connectivity index (χ2n) is 9.65. The molecule has 1 aromatic heterocycles. The molecule has 0 spiro atoms. The van der Waals surface area contributed by atoms with Crippen LogP contribution >= 0.6 is 0 Å². The van der Waals surface area contributed by atoms with Crippen molar-refractivity contribution in [2.24, 2.45) is 0 Å². The van der Waals surface area contributed by atoms with Crippen molar-refractivity contribution in [1.82, 2.24) is 4.98 Å². The van der Waals surface area contributed by atoms with Gasteiger partial charge in [-0.2, -0.15) is 0 Å². The number of ether oxygens (including phenoxy) is 3. The van der Waals surface area contributed by atoms with E-state index in [1.807, 2.05) is 0 Å². The van der Waals surface area contributed by atoms with E-state index in [2.05, 4.69) is 15.1 Å². The van der Waals surface area contributed by atoms with Gasteiger partial charge in [-0.1, -0.05) is 24.3 Å². The van der Waals surface area contributed by atoms with E-state index < -0.39 is 23.4 Å². The van der Waals surface area contributed by atoms with E-state index in [0.717, 1.165) is 18.2 Å². The number of pyridine rings is 1. The zero-order chi connectivity index (χ0) is 31.6. The van der Waals surface area contributed by atoms with Crippen molar-refractivity contribution < 1.29 is 37.0 Å². The van der Waals surface area contributed by atoms with Crippen LogP contribution < -0.4 is 10.1 Å². The number of nitrogens with zero attached hydrogens (tertiary/aromatic N) is 2. The summed E-state index contributed by atoms with van der Waals surface area (Å²) in [4.78, 5) is 32.1. The van der Waals surface area contributed by atoms with Crippen molar-refractivity contribution in [2.75, 3.05) is 32.7 Å². The van der Waals surface area contributed by atoms with Crippen molar-refractivity contribution in [3.05, 3.63) is 118 Å². The third kappa shape index (κ3) is 7.99. The second kappa shape index (κ2) is 14.8. The molecule has 11 heteroatoms. The maximum atomic E-state index is 15.2. The zero-order valence-electron chi connectivity index (χ0n) is 24.0. The molecule has 4 aromatic rings. The maximum absolute atomic E-state index is 15.2. The normalized spacial score (nSPS) is 10.6. The Morgan fingerprint density at radius 2 is 1.68 bits per heavy atom. The molecule has 226 valence electrons. The molecule has 0 aliphatic heterocycles. The first-order valence-corrected chi connectivity index (χ1v) is 13.4. The number of Topliss-reactive ketones (excluding diaryl/α,β-unsaturated/α-hetero) is 1. The first-order valence-electron chi connectivity index (χ1n) is 13.4. The van der Waals surface area contributed by atoms with Crippen LogP contribution in [-0.4, -0.2) is 44.1 Å². The van der Waals surface area contributed by atoms with Gasteiger partial charge in [0.25, 0.3) is 0 Å². The van der Waals surface area contributed by atoms with Gasteiger partial charge in [-0.15, -0.1) is 0 Å². The van der Waals surface area contributed by atoms with Crippen LogP contribution in [0, 0.1) is 24.0 Å². The van der Waals surface area contributed by atoms with Crippen molar-refractivity contribution in [3.8, 4) is 17.1 Å². The van der Waals surface area contributed by atoms with Crippen molar-refractivity contribution in [2.45, 2.75) is 19.4 Å². The number of esters is 1. The van der Waals surface area contributed by atoms with Gasteiger partial charge in [-0.05, 0) is 47.5 Å². The lowest BCUT2D eigenvalue weighted by Crippen LogP contribution is -2.14. The molecule has 0 bridgehead atoms. The Labute approximate surface area is 252 Å². The number of benzene rings is 3. The average Bonchev–Trinajstić information content (AvgIpc) is 3.01. The fourth-order valence-corrected chi connectivity index (χ4v) is 4.36. The number of anilines is 1. The van der Waals surface area contributed by atoms with Crippen LogP contribution in [-0.2, 0) is 33.7 Å². The van der Waals surface area contributed by atoms with Gasteiger partial charge in [0.2, 0.25) is 5.88 Å². The Balaban J connectivity index is 1.46. The number of ketones is 1. The molecular weight excluding hydrogens is 575 g/mol. The average molecular weight is 604 g/mol. The minimum absolute atomic E-state index is 0.0108. The highest BCUT2D eigenvalue weighted by atomic mass is 19.1. The number of methoxy groups -OCH3 is 2. The molecule has 0 radical (unpaired) electrons. The molecule has 8 nitrogen and oxygen atoms in total. The van der Waals surface area contributed by atoms with Crippen molar-refractivity contribution in [3.63, 3.8) is 0 Å². The molecule has 1 heterocycles. The summed E-state index contributed by atoms with van der Waals surface area (Å²) in [7, 11) is 2.83. The number of nitrogens with one attached hydrogen (secondary N) is 1. The van der Waals surface area contributed by atoms with E-state index in [4.69, 9.17) is 20.8 Å². The smallest absolute Gasteiger partial charge is 0.337 e. The Hall–Kier alpha value is -5.21. The summed E-state index contributed by atoms with van der Waals surface area (Å²) in [5.41, 5.74) is 1.78. The Morgan fingerprint density at radius 3 is 2.39 bits per heavy atom. The first-order chi connectivity index (χ1) is 21.2. The van der Waals surface area contributed by atoms with E-state index in [1.165, 1.54) is 37.4 Å². The fourth-order valence-electron chi connectivity index (χ4n) is 4.36.